The van der Waals surface area contributed by atoms with E-state index in [2.05, 4.69) is 5.32 Å². The number of hydrogen-bond donors (Lipinski definition) is 1. The number of thioether (sulfide) groups is 1. The van der Waals surface area contributed by atoms with Crippen LogP contribution in [-0.2, 0) is 10.5 Å². The summed E-state index contributed by atoms with van der Waals surface area (Å²) in [4.78, 5) is 22.4. The van der Waals surface area contributed by atoms with Crippen LogP contribution in [0, 0.1) is 10.1 Å². The number of nitro groups is 1. The molecular weight excluding hydrogens is 336 g/mol. The minimum atomic E-state index is -0.492. The third kappa shape index (κ3) is 5.26. The van der Waals surface area contributed by atoms with E-state index in [9.17, 15) is 14.9 Å². The van der Waals surface area contributed by atoms with E-state index in [1.54, 1.807) is 19.1 Å². The molecular formula is C16H15ClN2O3S. The van der Waals surface area contributed by atoms with Crippen LogP contribution >= 0.6 is 23.4 Å². The summed E-state index contributed by atoms with van der Waals surface area (Å²) in [6, 6.07) is 13.3. The molecule has 0 aromatic heterocycles. The summed E-state index contributed by atoms with van der Waals surface area (Å²) < 4.78 is 0. The molecule has 0 heterocycles. The zero-order valence-electron chi connectivity index (χ0n) is 12.4. The van der Waals surface area contributed by atoms with Gasteiger partial charge in [0.1, 0.15) is 0 Å². The number of non-ortho nitro benzene ring substituents is 1. The van der Waals surface area contributed by atoms with Gasteiger partial charge in [-0.1, -0.05) is 29.8 Å². The number of nitrogens with zero attached hydrogens (tertiary/aromatic N) is 1. The van der Waals surface area contributed by atoms with Crippen molar-refractivity contribution in [1.29, 1.82) is 0 Å². The van der Waals surface area contributed by atoms with Gasteiger partial charge in [0.05, 0.1) is 10.2 Å². The van der Waals surface area contributed by atoms with Crippen LogP contribution in [0.4, 0.5) is 11.4 Å². The summed E-state index contributed by atoms with van der Waals surface area (Å²) in [5.74, 6) is 0.491. The Bertz CT molecular complexity index is 707. The van der Waals surface area contributed by atoms with Gasteiger partial charge in [0.25, 0.3) is 5.69 Å². The van der Waals surface area contributed by atoms with Crippen LogP contribution in [0.5, 0.6) is 0 Å². The number of halogens is 1. The molecule has 0 saturated heterocycles. The number of rotatable bonds is 6. The van der Waals surface area contributed by atoms with Crippen LogP contribution in [0.1, 0.15) is 12.5 Å². The van der Waals surface area contributed by atoms with Crippen molar-refractivity contribution in [2.24, 2.45) is 0 Å². The second kappa shape index (κ2) is 7.99. The van der Waals surface area contributed by atoms with Crippen LogP contribution in [0.25, 0.3) is 0 Å². The van der Waals surface area contributed by atoms with Gasteiger partial charge in [-0.15, -0.1) is 11.8 Å². The fraction of sp³-hybridized carbons (Fsp3) is 0.188. The average Bonchev–Trinajstić information content (AvgIpc) is 2.54. The number of carbonyl (C=O) groups excluding carboxylic acids is 1. The highest BCUT2D eigenvalue weighted by Crippen LogP contribution is 2.22. The summed E-state index contributed by atoms with van der Waals surface area (Å²) in [6.45, 7) is 1.80. The Balaban J connectivity index is 1.90. The predicted octanol–water partition coefficient (Wildman–Crippen LogP) is 4.51. The standard InChI is InChI=1S/C16H15ClN2O3S/c1-11(23-10-12-5-7-13(17)8-6-12)16(20)18-14-3-2-4-15(9-14)19(21)22/h2-9,11H,10H2,1H3,(H,18,20). The van der Waals surface area contributed by atoms with E-state index in [1.807, 2.05) is 24.3 Å². The third-order valence-electron chi connectivity index (χ3n) is 3.11. The van der Waals surface area contributed by atoms with Gasteiger partial charge in [-0.3, -0.25) is 14.9 Å². The molecule has 0 saturated carbocycles. The number of anilines is 1. The summed E-state index contributed by atoms with van der Waals surface area (Å²) >= 11 is 7.32. The Labute approximate surface area is 143 Å². The van der Waals surface area contributed by atoms with E-state index in [1.165, 1.54) is 23.9 Å². The highest BCUT2D eigenvalue weighted by Gasteiger charge is 2.15. The molecule has 2 aromatic carbocycles. The van der Waals surface area contributed by atoms with Crippen molar-refractivity contribution in [1.82, 2.24) is 0 Å². The van der Waals surface area contributed by atoms with Gasteiger partial charge in [-0.25, -0.2) is 0 Å². The fourth-order valence-electron chi connectivity index (χ4n) is 1.82. The molecule has 1 unspecified atom stereocenters. The molecule has 5 nitrogen and oxygen atoms in total. The zero-order valence-corrected chi connectivity index (χ0v) is 13.9. The first kappa shape index (κ1) is 17.3. The molecule has 0 aliphatic heterocycles. The summed E-state index contributed by atoms with van der Waals surface area (Å²) in [7, 11) is 0. The highest BCUT2D eigenvalue weighted by atomic mass is 35.5. The lowest BCUT2D eigenvalue weighted by Gasteiger charge is -2.12. The fourth-order valence-corrected chi connectivity index (χ4v) is 2.79. The number of nitrogens with one attached hydrogen (secondary N) is 1. The topological polar surface area (TPSA) is 72.2 Å². The second-order valence-electron chi connectivity index (χ2n) is 4.88. The highest BCUT2D eigenvalue weighted by molar-refractivity contribution is 7.99. The van der Waals surface area contributed by atoms with E-state index in [-0.39, 0.29) is 16.8 Å². The minimum absolute atomic E-state index is 0.0516. The molecule has 0 spiro atoms. The van der Waals surface area contributed by atoms with Gasteiger partial charge in [-0.05, 0) is 30.7 Å². The smallest absolute Gasteiger partial charge is 0.271 e. The monoisotopic (exact) mass is 350 g/mol. The Morgan fingerprint density at radius 1 is 1.30 bits per heavy atom. The van der Waals surface area contributed by atoms with E-state index in [0.29, 0.717) is 16.5 Å². The molecule has 1 atom stereocenters. The maximum atomic E-state index is 12.1. The van der Waals surface area contributed by atoms with Crippen molar-refractivity contribution in [3.8, 4) is 0 Å². The molecule has 2 aromatic rings. The van der Waals surface area contributed by atoms with Crippen molar-refractivity contribution >= 4 is 40.6 Å². The maximum absolute atomic E-state index is 12.1. The van der Waals surface area contributed by atoms with E-state index in [4.69, 9.17) is 11.6 Å². The van der Waals surface area contributed by atoms with Crippen LogP contribution in [0.2, 0.25) is 5.02 Å². The SMILES string of the molecule is CC(SCc1ccc(Cl)cc1)C(=O)Nc1cccc([N+](=O)[O-])c1. The average molecular weight is 351 g/mol. The van der Waals surface area contributed by atoms with Crippen molar-refractivity contribution in [2.45, 2.75) is 17.9 Å². The van der Waals surface area contributed by atoms with Gasteiger partial charge in [0.15, 0.2) is 0 Å². The lowest BCUT2D eigenvalue weighted by Crippen LogP contribution is -2.22. The van der Waals surface area contributed by atoms with Crippen molar-refractivity contribution in [3.05, 3.63) is 69.2 Å². The van der Waals surface area contributed by atoms with Gasteiger partial charge in [0.2, 0.25) is 5.91 Å². The molecule has 0 aliphatic carbocycles. The number of carbonyl (C=O) groups is 1. The first-order valence-corrected chi connectivity index (χ1v) is 8.30. The summed E-state index contributed by atoms with van der Waals surface area (Å²) in [5, 5.41) is 13.8. The Kier molecular flexibility index (Phi) is 6.01. The van der Waals surface area contributed by atoms with Crippen LogP contribution in [-0.4, -0.2) is 16.1 Å². The maximum Gasteiger partial charge on any atom is 0.271 e. The molecule has 0 aliphatic rings. The molecule has 0 radical (unpaired) electrons. The lowest BCUT2D eigenvalue weighted by molar-refractivity contribution is -0.384. The molecule has 0 fully saturated rings. The van der Waals surface area contributed by atoms with Crippen LogP contribution in [0.15, 0.2) is 48.5 Å². The van der Waals surface area contributed by atoms with Crippen LogP contribution in [0.3, 0.4) is 0 Å². The van der Waals surface area contributed by atoms with Gasteiger partial charge in [-0.2, -0.15) is 0 Å². The van der Waals surface area contributed by atoms with E-state index in [0.717, 1.165) is 5.56 Å². The predicted molar refractivity (Wildman–Crippen MR) is 93.9 cm³/mol. The molecule has 1 amide bonds. The quantitative estimate of drug-likeness (QED) is 0.614. The summed E-state index contributed by atoms with van der Waals surface area (Å²) in [6.07, 6.45) is 0. The van der Waals surface area contributed by atoms with E-state index >= 15 is 0 Å². The Hall–Kier alpha value is -2.05. The van der Waals surface area contributed by atoms with Crippen molar-refractivity contribution < 1.29 is 9.72 Å². The minimum Gasteiger partial charge on any atom is -0.325 e. The lowest BCUT2D eigenvalue weighted by atomic mass is 10.2. The molecule has 0 bridgehead atoms. The van der Waals surface area contributed by atoms with Gasteiger partial charge in [0, 0.05) is 28.6 Å². The number of amides is 1. The number of benzene rings is 2. The Morgan fingerprint density at radius 3 is 2.65 bits per heavy atom. The van der Waals surface area contributed by atoms with Crippen LogP contribution < -0.4 is 5.32 Å². The zero-order chi connectivity index (χ0) is 16.8. The van der Waals surface area contributed by atoms with Crippen molar-refractivity contribution in [3.63, 3.8) is 0 Å². The first-order chi connectivity index (χ1) is 11.0. The van der Waals surface area contributed by atoms with E-state index < -0.39 is 4.92 Å². The Morgan fingerprint density at radius 2 is 2.00 bits per heavy atom. The van der Waals surface area contributed by atoms with Gasteiger partial charge < -0.3 is 5.32 Å². The largest absolute Gasteiger partial charge is 0.325 e. The molecule has 120 valence electrons. The number of hydrogen-bond acceptors (Lipinski definition) is 4. The second-order valence-corrected chi connectivity index (χ2v) is 6.64. The number of nitro benzene ring substituents is 1. The molecule has 1 N–H and O–H groups in total. The van der Waals surface area contributed by atoms with Crippen molar-refractivity contribution in [2.75, 3.05) is 5.32 Å². The molecule has 23 heavy (non-hydrogen) atoms. The summed E-state index contributed by atoms with van der Waals surface area (Å²) in [5.41, 5.74) is 1.45. The van der Waals surface area contributed by atoms with Gasteiger partial charge >= 0.3 is 0 Å². The normalized spacial score (nSPS) is 11.7. The molecule has 2 rings (SSSR count). The third-order valence-corrected chi connectivity index (χ3v) is 4.57. The first-order valence-electron chi connectivity index (χ1n) is 6.87. The molecule has 7 heteroatoms.